The summed E-state index contributed by atoms with van der Waals surface area (Å²) in [6.07, 6.45) is 5.46. The molecule has 0 spiro atoms. The van der Waals surface area contributed by atoms with Crippen LogP contribution >= 0.6 is 0 Å². The summed E-state index contributed by atoms with van der Waals surface area (Å²) in [5, 5.41) is 0. The number of ether oxygens (including phenoxy) is 1. The molecule has 36 heavy (non-hydrogen) atoms. The number of nitrogens with zero attached hydrogens (tertiary/aromatic N) is 1. The van der Waals surface area contributed by atoms with Crippen LogP contribution in [-0.2, 0) is 25.5 Å². The van der Waals surface area contributed by atoms with E-state index in [1.54, 1.807) is 6.07 Å². The van der Waals surface area contributed by atoms with Gasteiger partial charge in [-0.25, -0.2) is 4.79 Å². The van der Waals surface area contributed by atoms with Crippen LogP contribution in [0.25, 0.3) is 0 Å². The summed E-state index contributed by atoms with van der Waals surface area (Å²) in [6, 6.07) is 13.8. The molecule has 2 bridgehead atoms. The number of likely N-dealkylation sites (tertiary alicyclic amines) is 1. The first kappa shape index (κ1) is 22.9. The Balaban J connectivity index is 1.25. The smallest absolute Gasteiger partial charge is 0.330 e. The van der Waals surface area contributed by atoms with E-state index in [-0.39, 0.29) is 47.7 Å². The summed E-state index contributed by atoms with van der Waals surface area (Å²) < 4.78 is 5.50. The van der Waals surface area contributed by atoms with E-state index < -0.39 is 18.6 Å². The standard InChI is InChI=1S/C30H29NO5/c1-16-8-9-17(2)21(12-16)25(32)15-36-30(35)24(13-18-6-4-3-5-7-18)31-28(33)26-19-10-11-20(23-14-22(19)23)27(26)29(31)34/h3-12,19-20,22-24,26-27H,13-15H2,1-2H3/t19-,20-,22-,23-,24+,26-,27+/m1/s1. The monoisotopic (exact) mass is 483 g/mol. The number of rotatable bonds is 7. The molecule has 7 rings (SSSR count). The van der Waals surface area contributed by atoms with Crippen molar-refractivity contribution >= 4 is 23.6 Å². The van der Waals surface area contributed by atoms with Crippen molar-refractivity contribution in [2.45, 2.75) is 32.7 Å². The molecule has 184 valence electrons. The Kier molecular flexibility index (Phi) is 5.43. The number of amides is 2. The molecule has 0 aromatic heterocycles. The number of hydrogen-bond donors (Lipinski definition) is 0. The summed E-state index contributed by atoms with van der Waals surface area (Å²) in [5.74, 6) is -1.24. The maximum absolute atomic E-state index is 13.7. The zero-order valence-corrected chi connectivity index (χ0v) is 20.4. The first-order valence-corrected chi connectivity index (χ1v) is 12.7. The van der Waals surface area contributed by atoms with E-state index in [4.69, 9.17) is 4.74 Å². The van der Waals surface area contributed by atoms with Gasteiger partial charge in [0.1, 0.15) is 6.04 Å². The predicted octanol–water partition coefficient (Wildman–Crippen LogP) is 3.69. The van der Waals surface area contributed by atoms with Crippen molar-refractivity contribution in [2.75, 3.05) is 6.61 Å². The van der Waals surface area contributed by atoms with Crippen LogP contribution in [0.15, 0.2) is 60.7 Å². The summed E-state index contributed by atoms with van der Waals surface area (Å²) >= 11 is 0. The molecule has 1 aliphatic heterocycles. The van der Waals surface area contributed by atoms with E-state index in [2.05, 4.69) is 12.2 Å². The predicted molar refractivity (Wildman–Crippen MR) is 132 cm³/mol. The molecule has 2 amide bonds. The second-order valence-electron chi connectivity index (χ2n) is 10.8. The van der Waals surface area contributed by atoms with Crippen molar-refractivity contribution in [3.05, 3.63) is 82.9 Å². The van der Waals surface area contributed by atoms with Crippen LogP contribution in [0.5, 0.6) is 0 Å². The highest BCUT2D eigenvalue weighted by atomic mass is 16.5. The quantitative estimate of drug-likeness (QED) is 0.260. The number of ketones is 1. The van der Waals surface area contributed by atoms with Gasteiger partial charge < -0.3 is 4.74 Å². The Morgan fingerprint density at radius 3 is 2.22 bits per heavy atom. The highest BCUT2D eigenvalue weighted by molar-refractivity contribution is 6.09. The second-order valence-corrected chi connectivity index (χ2v) is 10.8. The van der Waals surface area contributed by atoms with Gasteiger partial charge in [-0.3, -0.25) is 19.3 Å². The molecular weight excluding hydrogens is 454 g/mol. The number of carbonyl (C=O) groups excluding carboxylic acids is 4. The molecule has 2 aromatic carbocycles. The van der Waals surface area contributed by atoms with Crippen molar-refractivity contribution < 1.29 is 23.9 Å². The normalized spacial score (nSPS) is 30.1. The fourth-order valence-electron chi connectivity index (χ4n) is 6.75. The van der Waals surface area contributed by atoms with Gasteiger partial charge in [-0.15, -0.1) is 0 Å². The van der Waals surface area contributed by atoms with Crippen LogP contribution in [-0.4, -0.2) is 41.1 Å². The molecule has 2 saturated carbocycles. The summed E-state index contributed by atoms with van der Waals surface area (Å²) in [7, 11) is 0. The van der Waals surface area contributed by atoms with Crippen LogP contribution in [0.2, 0.25) is 0 Å². The first-order chi connectivity index (χ1) is 17.3. The van der Waals surface area contributed by atoms with Crippen LogP contribution in [0, 0.1) is 49.4 Å². The lowest BCUT2D eigenvalue weighted by molar-refractivity contribution is -0.158. The molecule has 4 aliphatic carbocycles. The largest absolute Gasteiger partial charge is 0.456 e. The Bertz CT molecular complexity index is 1260. The topological polar surface area (TPSA) is 80.8 Å². The van der Waals surface area contributed by atoms with Crippen molar-refractivity contribution in [3.8, 4) is 0 Å². The highest BCUT2D eigenvalue weighted by Crippen LogP contribution is 2.65. The molecule has 0 N–H and O–H groups in total. The van der Waals surface area contributed by atoms with E-state index in [0.717, 1.165) is 23.1 Å². The number of carbonyl (C=O) groups is 4. The summed E-state index contributed by atoms with van der Waals surface area (Å²) in [6.45, 7) is 3.30. The molecule has 1 saturated heterocycles. The first-order valence-electron chi connectivity index (χ1n) is 12.7. The Morgan fingerprint density at radius 1 is 0.944 bits per heavy atom. The van der Waals surface area contributed by atoms with Crippen LogP contribution in [0.4, 0.5) is 0 Å². The molecule has 6 nitrogen and oxygen atoms in total. The van der Waals surface area contributed by atoms with Gasteiger partial charge in [0.15, 0.2) is 6.61 Å². The maximum atomic E-state index is 13.7. The SMILES string of the molecule is Cc1ccc(C)c(C(=O)COC(=O)[C@H](Cc2ccccc2)N2C(=O)[C@@H]3[C@@H]4C=C[C@H]([C@H]5C[C@H]45)[C@@H]3C2=O)c1. The number of Topliss-reactive ketones (excluding diaryl/α,β-unsaturated/α-hetero) is 1. The van der Waals surface area contributed by atoms with Crippen LogP contribution in [0.1, 0.15) is 33.5 Å². The van der Waals surface area contributed by atoms with Crippen molar-refractivity contribution in [3.63, 3.8) is 0 Å². The number of imide groups is 1. The van der Waals surface area contributed by atoms with E-state index in [1.807, 2.05) is 56.3 Å². The summed E-state index contributed by atoms with van der Waals surface area (Å²) in [4.78, 5) is 54.8. The van der Waals surface area contributed by atoms with Crippen LogP contribution in [0.3, 0.4) is 0 Å². The molecule has 0 radical (unpaired) electrons. The van der Waals surface area contributed by atoms with E-state index in [1.165, 1.54) is 4.90 Å². The summed E-state index contributed by atoms with van der Waals surface area (Å²) in [5.41, 5.74) is 3.07. The van der Waals surface area contributed by atoms with Gasteiger partial charge >= 0.3 is 5.97 Å². The van der Waals surface area contributed by atoms with Crippen LogP contribution < -0.4 is 0 Å². The third-order valence-corrected chi connectivity index (χ3v) is 8.59. The van der Waals surface area contributed by atoms with Gasteiger partial charge in [0.25, 0.3) is 0 Å². The Hall–Kier alpha value is -3.54. The molecule has 2 aromatic rings. The fourth-order valence-corrected chi connectivity index (χ4v) is 6.75. The Morgan fingerprint density at radius 2 is 1.58 bits per heavy atom. The maximum Gasteiger partial charge on any atom is 0.330 e. The molecule has 7 atom stereocenters. The zero-order valence-electron chi connectivity index (χ0n) is 20.4. The van der Waals surface area contributed by atoms with Crippen molar-refractivity contribution in [1.29, 1.82) is 0 Å². The minimum absolute atomic E-state index is 0.0747. The zero-order chi connectivity index (χ0) is 25.1. The minimum Gasteiger partial charge on any atom is -0.456 e. The van der Waals surface area contributed by atoms with Crippen molar-refractivity contribution in [1.82, 2.24) is 4.90 Å². The van der Waals surface area contributed by atoms with Gasteiger partial charge in [-0.2, -0.15) is 0 Å². The Labute approximate surface area is 210 Å². The number of allylic oxidation sites excluding steroid dienone is 2. The lowest BCUT2D eigenvalue weighted by Gasteiger charge is -2.37. The highest BCUT2D eigenvalue weighted by Gasteiger charge is 2.68. The number of benzene rings is 2. The molecule has 6 heteroatoms. The van der Waals surface area contributed by atoms with E-state index >= 15 is 0 Å². The number of hydrogen-bond acceptors (Lipinski definition) is 5. The lowest BCUT2D eigenvalue weighted by atomic mass is 9.63. The molecule has 5 aliphatic rings. The fraction of sp³-hybridized carbons (Fsp3) is 0.400. The molecule has 3 fully saturated rings. The van der Waals surface area contributed by atoms with Crippen molar-refractivity contribution in [2.24, 2.45) is 35.5 Å². The number of esters is 1. The van der Waals surface area contributed by atoms with Gasteiger partial charge in [0, 0.05) is 12.0 Å². The van der Waals surface area contributed by atoms with Gasteiger partial charge in [0.05, 0.1) is 11.8 Å². The minimum atomic E-state index is -1.10. The second kappa shape index (κ2) is 8.54. The van der Waals surface area contributed by atoms with E-state index in [0.29, 0.717) is 17.4 Å². The van der Waals surface area contributed by atoms with Gasteiger partial charge in [-0.1, -0.05) is 60.2 Å². The third kappa shape index (κ3) is 3.62. The molecule has 1 heterocycles. The van der Waals surface area contributed by atoms with Gasteiger partial charge in [0.2, 0.25) is 17.6 Å². The molecule has 0 unspecified atom stereocenters. The van der Waals surface area contributed by atoms with E-state index in [9.17, 15) is 19.2 Å². The lowest BCUT2D eigenvalue weighted by Crippen LogP contribution is -2.48. The third-order valence-electron chi connectivity index (χ3n) is 8.59. The van der Waals surface area contributed by atoms with Gasteiger partial charge in [-0.05, 0) is 61.1 Å². The number of aryl methyl sites for hydroxylation is 2. The molecular formula is C30H29NO5. The average Bonchev–Trinajstić information content (AvgIpc) is 3.66. The average molecular weight is 484 g/mol.